The van der Waals surface area contributed by atoms with Crippen LogP contribution >= 0.6 is 0 Å². The zero-order valence-electron chi connectivity index (χ0n) is 10.3. The predicted octanol–water partition coefficient (Wildman–Crippen LogP) is 2.69. The first-order valence-electron chi connectivity index (χ1n) is 6.02. The van der Waals surface area contributed by atoms with Crippen molar-refractivity contribution in [3.8, 4) is 0 Å². The zero-order chi connectivity index (χ0) is 13.0. The standard InChI is InChI=1S/C14H17NO3/c1-18-15-13-8-6-11(7-9-13)10-2-4-12(5-3-10)14(16)17/h2-5,8,11,15H,6-7,9H2,1H3,(H,16,17). The van der Waals surface area contributed by atoms with Crippen LogP contribution in [0, 0.1) is 0 Å². The second kappa shape index (κ2) is 5.69. The van der Waals surface area contributed by atoms with Crippen molar-refractivity contribution in [3.05, 3.63) is 47.2 Å². The molecule has 0 aliphatic heterocycles. The SMILES string of the molecule is CONC1=CCC(c2ccc(C(=O)O)cc2)CC1. The molecule has 1 aromatic carbocycles. The smallest absolute Gasteiger partial charge is 0.335 e. The van der Waals surface area contributed by atoms with Gasteiger partial charge in [-0.05, 0) is 42.9 Å². The van der Waals surface area contributed by atoms with E-state index >= 15 is 0 Å². The number of allylic oxidation sites excluding steroid dienone is 2. The molecule has 0 radical (unpaired) electrons. The third-order valence-electron chi connectivity index (χ3n) is 3.27. The van der Waals surface area contributed by atoms with E-state index in [9.17, 15) is 4.79 Å². The Hall–Kier alpha value is -1.81. The van der Waals surface area contributed by atoms with Gasteiger partial charge in [0.05, 0.1) is 12.7 Å². The molecule has 0 bridgehead atoms. The number of rotatable bonds is 4. The maximum Gasteiger partial charge on any atom is 0.335 e. The molecule has 0 heterocycles. The van der Waals surface area contributed by atoms with Gasteiger partial charge in [0.1, 0.15) is 0 Å². The lowest BCUT2D eigenvalue weighted by atomic mass is 9.86. The number of benzene rings is 1. The fourth-order valence-electron chi connectivity index (χ4n) is 2.26. The quantitative estimate of drug-likeness (QED) is 0.803. The summed E-state index contributed by atoms with van der Waals surface area (Å²) in [4.78, 5) is 15.7. The molecule has 4 heteroatoms. The lowest BCUT2D eigenvalue weighted by Crippen LogP contribution is -2.16. The molecule has 0 aromatic heterocycles. The van der Waals surface area contributed by atoms with E-state index < -0.39 is 5.97 Å². The summed E-state index contributed by atoms with van der Waals surface area (Å²) in [6, 6.07) is 7.17. The highest BCUT2D eigenvalue weighted by atomic mass is 16.6. The highest BCUT2D eigenvalue weighted by molar-refractivity contribution is 5.87. The van der Waals surface area contributed by atoms with Gasteiger partial charge >= 0.3 is 5.97 Å². The van der Waals surface area contributed by atoms with Gasteiger partial charge in [-0.3, -0.25) is 10.3 Å². The minimum atomic E-state index is -0.878. The van der Waals surface area contributed by atoms with E-state index in [1.54, 1.807) is 19.2 Å². The summed E-state index contributed by atoms with van der Waals surface area (Å²) in [5.74, 6) is -0.410. The van der Waals surface area contributed by atoms with Crippen LogP contribution in [-0.2, 0) is 4.84 Å². The number of aromatic carboxylic acids is 1. The Bertz CT molecular complexity index is 451. The molecule has 1 aliphatic rings. The second-order valence-electron chi connectivity index (χ2n) is 4.43. The van der Waals surface area contributed by atoms with E-state index in [-0.39, 0.29) is 0 Å². The van der Waals surface area contributed by atoms with E-state index in [2.05, 4.69) is 11.6 Å². The Morgan fingerprint density at radius 2 is 2.11 bits per heavy atom. The Morgan fingerprint density at radius 1 is 1.39 bits per heavy atom. The molecule has 1 aromatic rings. The van der Waals surface area contributed by atoms with E-state index in [0.717, 1.165) is 25.0 Å². The molecule has 1 unspecified atom stereocenters. The molecule has 18 heavy (non-hydrogen) atoms. The number of hydroxylamine groups is 1. The fourth-order valence-corrected chi connectivity index (χ4v) is 2.26. The van der Waals surface area contributed by atoms with Crippen LogP contribution in [0.25, 0.3) is 0 Å². The summed E-state index contributed by atoms with van der Waals surface area (Å²) in [5.41, 5.74) is 5.53. The van der Waals surface area contributed by atoms with Crippen molar-refractivity contribution >= 4 is 5.97 Å². The topological polar surface area (TPSA) is 58.6 Å². The highest BCUT2D eigenvalue weighted by Crippen LogP contribution is 2.31. The van der Waals surface area contributed by atoms with Crippen LogP contribution in [0.15, 0.2) is 36.0 Å². The van der Waals surface area contributed by atoms with Crippen LogP contribution in [0.1, 0.15) is 41.1 Å². The predicted molar refractivity (Wildman–Crippen MR) is 68.2 cm³/mol. The largest absolute Gasteiger partial charge is 0.478 e. The van der Waals surface area contributed by atoms with Gasteiger partial charge in [-0.2, -0.15) is 0 Å². The molecule has 96 valence electrons. The van der Waals surface area contributed by atoms with E-state index in [0.29, 0.717) is 11.5 Å². The summed E-state index contributed by atoms with van der Waals surface area (Å²) < 4.78 is 0. The second-order valence-corrected chi connectivity index (χ2v) is 4.43. The van der Waals surface area contributed by atoms with Crippen molar-refractivity contribution in [3.63, 3.8) is 0 Å². The number of carboxylic acid groups (broad SMARTS) is 1. The lowest BCUT2D eigenvalue weighted by molar-refractivity contribution is 0.0697. The molecule has 2 rings (SSSR count). The first kappa shape index (κ1) is 12.6. The highest BCUT2D eigenvalue weighted by Gasteiger charge is 2.16. The molecular weight excluding hydrogens is 230 g/mol. The van der Waals surface area contributed by atoms with Crippen LogP contribution in [-0.4, -0.2) is 18.2 Å². The molecule has 0 fully saturated rings. The molecule has 1 atom stereocenters. The minimum Gasteiger partial charge on any atom is -0.478 e. The average Bonchev–Trinajstić information content (AvgIpc) is 2.40. The normalized spacial score (nSPS) is 19.2. The van der Waals surface area contributed by atoms with E-state index in [1.165, 1.54) is 5.56 Å². The van der Waals surface area contributed by atoms with Gasteiger partial charge in [-0.1, -0.05) is 18.2 Å². The van der Waals surface area contributed by atoms with Gasteiger partial charge in [0, 0.05) is 5.70 Å². The maximum atomic E-state index is 10.8. The summed E-state index contributed by atoms with van der Waals surface area (Å²) >= 11 is 0. The number of hydrogen-bond acceptors (Lipinski definition) is 3. The monoisotopic (exact) mass is 247 g/mol. The molecule has 4 nitrogen and oxygen atoms in total. The number of nitrogens with one attached hydrogen (secondary N) is 1. The first-order chi connectivity index (χ1) is 8.70. The summed E-state index contributed by atoms with van der Waals surface area (Å²) in [6.07, 6.45) is 5.11. The van der Waals surface area contributed by atoms with Gasteiger partial charge in [0.15, 0.2) is 0 Å². The molecule has 0 saturated heterocycles. The van der Waals surface area contributed by atoms with E-state index in [1.807, 2.05) is 12.1 Å². The Morgan fingerprint density at radius 3 is 2.61 bits per heavy atom. The molecule has 2 N–H and O–H groups in total. The van der Waals surface area contributed by atoms with Gasteiger partial charge in [0.2, 0.25) is 0 Å². The fraction of sp³-hybridized carbons (Fsp3) is 0.357. The summed E-state index contributed by atoms with van der Waals surface area (Å²) in [7, 11) is 1.61. The van der Waals surface area contributed by atoms with E-state index in [4.69, 9.17) is 9.94 Å². The van der Waals surface area contributed by atoms with Crippen LogP contribution in [0.2, 0.25) is 0 Å². The Balaban J connectivity index is 2.03. The van der Waals surface area contributed by atoms with Crippen LogP contribution < -0.4 is 5.48 Å². The molecule has 0 saturated carbocycles. The van der Waals surface area contributed by atoms with Crippen molar-refractivity contribution < 1.29 is 14.7 Å². The van der Waals surface area contributed by atoms with Crippen molar-refractivity contribution in [2.75, 3.05) is 7.11 Å². The molecule has 0 spiro atoms. The van der Waals surface area contributed by atoms with Gasteiger partial charge in [0.25, 0.3) is 0 Å². The summed E-state index contributed by atoms with van der Waals surface area (Å²) in [6.45, 7) is 0. The van der Waals surface area contributed by atoms with Crippen LogP contribution in [0.5, 0.6) is 0 Å². The molecular formula is C14H17NO3. The minimum absolute atomic E-state index is 0.340. The van der Waals surface area contributed by atoms with Gasteiger partial charge in [-0.25, -0.2) is 4.79 Å². The third-order valence-corrected chi connectivity index (χ3v) is 3.27. The number of hydrogen-bond donors (Lipinski definition) is 2. The van der Waals surface area contributed by atoms with Crippen LogP contribution in [0.3, 0.4) is 0 Å². The number of carboxylic acids is 1. The first-order valence-corrected chi connectivity index (χ1v) is 6.02. The van der Waals surface area contributed by atoms with Crippen molar-refractivity contribution in [1.82, 2.24) is 5.48 Å². The number of carbonyl (C=O) groups is 1. The third kappa shape index (κ3) is 2.90. The van der Waals surface area contributed by atoms with Gasteiger partial charge in [-0.15, -0.1) is 0 Å². The Kier molecular flexibility index (Phi) is 3.99. The molecule has 0 amide bonds. The van der Waals surface area contributed by atoms with Crippen molar-refractivity contribution in [1.29, 1.82) is 0 Å². The average molecular weight is 247 g/mol. The van der Waals surface area contributed by atoms with Gasteiger partial charge < -0.3 is 5.11 Å². The lowest BCUT2D eigenvalue weighted by Gasteiger charge is -2.22. The Labute approximate surface area is 106 Å². The summed E-state index contributed by atoms with van der Waals surface area (Å²) in [5, 5.41) is 8.85. The molecule has 1 aliphatic carbocycles. The van der Waals surface area contributed by atoms with Crippen molar-refractivity contribution in [2.24, 2.45) is 0 Å². The van der Waals surface area contributed by atoms with Crippen molar-refractivity contribution in [2.45, 2.75) is 25.2 Å². The van der Waals surface area contributed by atoms with Crippen LogP contribution in [0.4, 0.5) is 0 Å². The zero-order valence-corrected chi connectivity index (χ0v) is 10.3. The maximum absolute atomic E-state index is 10.8.